The van der Waals surface area contributed by atoms with Crippen molar-refractivity contribution < 1.29 is 4.79 Å². The fourth-order valence-electron chi connectivity index (χ4n) is 3.68. The van der Waals surface area contributed by atoms with Crippen LogP contribution < -0.4 is 0 Å². The smallest absolute Gasteiger partial charge is 0.257 e. The van der Waals surface area contributed by atoms with Gasteiger partial charge in [-0.3, -0.25) is 9.69 Å². The third-order valence-corrected chi connectivity index (χ3v) is 5.88. The van der Waals surface area contributed by atoms with Crippen LogP contribution in [0.25, 0.3) is 5.69 Å². The zero-order chi connectivity index (χ0) is 18.8. The lowest BCUT2D eigenvalue weighted by Gasteiger charge is -2.34. The van der Waals surface area contributed by atoms with Crippen molar-refractivity contribution in [1.82, 2.24) is 19.6 Å². The third kappa shape index (κ3) is 3.68. The van der Waals surface area contributed by atoms with Gasteiger partial charge in [0.25, 0.3) is 5.91 Å². The topological polar surface area (TPSA) is 41.4 Å². The molecule has 6 heteroatoms. The fraction of sp³-hybridized carbons (Fsp3) is 0.333. The Hall–Kier alpha value is -2.44. The Morgan fingerprint density at radius 3 is 2.48 bits per heavy atom. The maximum absolute atomic E-state index is 13.2. The molecule has 1 aliphatic rings. The molecule has 0 spiro atoms. The number of rotatable bonds is 4. The van der Waals surface area contributed by atoms with E-state index in [1.807, 2.05) is 53.8 Å². The van der Waals surface area contributed by atoms with Gasteiger partial charge in [-0.05, 0) is 48.4 Å². The van der Waals surface area contributed by atoms with Crippen LogP contribution in [-0.4, -0.2) is 51.7 Å². The molecule has 140 valence electrons. The van der Waals surface area contributed by atoms with Gasteiger partial charge in [0.15, 0.2) is 0 Å². The lowest BCUT2D eigenvalue weighted by Crippen LogP contribution is -2.48. The van der Waals surface area contributed by atoms with Crippen LogP contribution in [0.5, 0.6) is 0 Å². The molecule has 3 heterocycles. The minimum atomic E-state index is 0.0994. The zero-order valence-electron chi connectivity index (χ0n) is 15.8. The molecule has 4 rings (SSSR count). The van der Waals surface area contributed by atoms with E-state index in [-0.39, 0.29) is 5.91 Å². The molecule has 0 bridgehead atoms. The molecule has 1 fully saturated rings. The molecule has 1 saturated heterocycles. The number of para-hydroxylation sites is 1. The number of thiophene rings is 1. The maximum atomic E-state index is 13.2. The van der Waals surface area contributed by atoms with Crippen LogP contribution in [0.4, 0.5) is 0 Å². The summed E-state index contributed by atoms with van der Waals surface area (Å²) in [6.07, 6.45) is 0. The number of amides is 1. The Labute approximate surface area is 163 Å². The number of aryl methyl sites for hydroxylation is 1. The summed E-state index contributed by atoms with van der Waals surface area (Å²) >= 11 is 1.73. The van der Waals surface area contributed by atoms with E-state index in [0.29, 0.717) is 0 Å². The summed E-state index contributed by atoms with van der Waals surface area (Å²) < 4.78 is 1.87. The second-order valence-corrected chi connectivity index (χ2v) is 7.77. The summed E-state index contributed by atoms with van der Waals surface area (Å²) in [5.74, 6) is 0.0994. The minimum Gasteiger partial charge on any atom is -0.336 e. The predicted molar refractivity (Wildman–Crippen MR) is 109 cm³/mol. The summed E-state index contributed by atoms with van der Waals surface area (Å²) in [6.45, 7) is 8.21. The molecule has 2 aromatic heterocycles. The van der Waals surface area contributed by atoms with Gasteiger partial charge in [0.05, 0.1) is 22.6 Å². The van der Waals surface area contributed by atoms with Crippen molar-refractivity contribution in [3.63, 3.8) is 0 Å². The number of carbonyl (C=O) groups is 1. The lowest BCUT2D eigenvalue weighted by atomic mass is 10.1. The van der Waals surface area contributed by atoms with Crippen molar-refractivity contribution in [3.8, 4) is 5.69 Å². The van der Waals surface area contributed by atoms with Gasteiger partial charge in [-0.25, -0.2) is 4.68 Å². The second-order valence-electron chi connectivity index (χ2n) is 6.99. The Bertz CT molecular complexity index is 909. The van der Waals surface area contributed by atoms with Crippen LogP contribution in [0.15, 0.2) is 47.2 Å². The molecular weight excluding hydrogens is 356 g/mol. The highest BCUT2D eigenvalue weighted by molar-refractivity contribution is 7.07. The van der Waals surface area contributed by atoms with Crippen molar-refractivity contribution in [2.24, 2.45) is 0 Å². The zero-order valence-corrected chi connectivity index (χ0v) is 16.6. The molecule has 0 atom stereocenters. The van der Waals surface area contributed by atoms with Gasteiger partial charge in [-0.15, -0.1) is 0 Å². The SMILES string of the molecule is Cc1nn(-c2ccccc2)c(C)c1C(=O)N1CCN(Cc2ccsc2)CC1. The molecule has 0 unspecified atom stereocenters. The predicted octanol–water partition coefficient (Wildman–Crippen LogP) is 3.51. The van der Waals surface area contributed by atoms with Crippen LogP contribution in [0.1, 0.15) is 27.3 Å². The summed E-state index contributed by atoms with van der Waals surface area (Å²) in [4.78, 5) is 17.5. The molecule has 0 N–H and O–H groups in total. The molecule has 27 heavy (non-hydrogen) atoms. The number of aromatic nitrogens is 2. The number of carbonyl (C=O) groups excluding carboxylic acids is 1. The minimum absolute atomic E-state index is 0.0994. The van der Waals surface area contributed by atoms with Crippen molar-refractivity contribution >= 4 is 17.2 Å². The molecular formula is C21H24N4OS. The Kier molecular flexibility index (Phi) is 5.09. The fourth-order valence-corrected chi connectivity index (χ4v) is 4.34. The first-order valence-corrected chi connectivity index (χ1v) is 10.2. The summed E-state index contributed by atoms with van der Waals surface area (Å²) in [7, 11) is 0. The summed E-state index contributed by atoms with van der Waals surface area (Å²) in [5, 5.41) is 8.93. The second kappa shape index (κ2) is 7.66. The van der Waals surface area contributed by atoms with Crippen molar-refractivity contribution in [2.45, 2.75) is 20.4 Å². The molecule has 0 saturated carbocycles. The molecule has 0 radical (unpaired) electrons. The molecule has 3 aromatic rings. The first kappa shape index (κ1) is 17.9. The Morgan fingerprint density at radius 1 is 1.07 bits per heavy atom. The highest BCUT2D eigenvalue weighted by atomic mass is 32.1. The van der Waals surface area contributed by atoms with Crippen molar-refractivity contribution in [1.29, 1.82) is 0 Å². The average molecular weight is 381 g/mol. The number of piperazine rings is 1. The van der Waals surface area contributed by atoms with Gasteiger partial charge in [0.2, 0.25) is 0 Å². The van der Waals surface area contributed by atoms with Crippen LogP contribution in [0.3, 0.4) is 0 Å². The van der Waals surface area contributed by atoms with Crippen molar-refractivity contribution in [2.75, 3.05) is 26.2 Å². The largest absolute Gasteiger partial charge is 0.336 e. The van der Waals surface area contributed by atoms with Gasteiger partial charge in [0, 0.05) is 32.7 Å². The Balaban J connectivity index is 1.47. The highest BCUT2D eigenvalue weighted by Gasteiger charge is 2.27. The third-order valence-electron chi connectivity index (χ3n) is 5.15. The lowest BCUT2D eigenvalue weighted by molar-refractivity contribution is 0.0627. The molecule has 5 nitrogen and oxygen atoms in total. The summed E-state index contributed by atoms with van der Waals surface area (Å²) in [6, 6.07) is 12.2. The van der Waals surface area contributed by atoms with E-state index in [1.54, 1.807) is 11.3 Å². The molecule has 1 amide bonds. The van der Waals surface area contributed by atoms with E-state index in [0.717, 1.165) is 55.4 Å². The normalized spacial score (nSPS) is 15.3. The molecule has 1 aliphatic heterocycles. The summed E-state index contributed by atoms with van der Waals surface area (Å²) in [5.41, 5.74) is 4.78. The van der Waals surface area contributed by atoms with Crippen LogP contribution >= 0.6 is 11.3 Å². The van der Waals surface area contributed by atoms with E-state index in [9.17, 15) is 4.79 Å². The van der Waals surface area contributed by atoms with E-state index in [2.05, 4.69) is 26.8 Å². The van der Waals surface area contributed by atoms with Crippen LogP contribution in [-0.2, 0) is 6.54 Å². The van der Waals surface area contributed by atoms with Gasteiger partial charge in [-0.1, -0.05) is 18.2 Å². The van der Waals surface area contributed by atoms with Gasteiger partial charge in [0.1, 0.15) is 0 Å². The first-order valence-electron chi connectivity index (χ1n) is 9.28. The standard InChI is InChI=1S/C21H24N4OS/c1-16-20(17(2)25(22-16)19-6-4-3-5-7-19)21(26)24-11-9-23(10-12-24)14-18-8-13-27-15-18/h3-8,13,15H,9-12,14H2,1-2H3. The number of hydrogen-bond donors (Lipinski definition) is 0. The Morgan fingerprint density at radius 2 is 1.81 bits per heavy atom. The van der Waals surface area contributed by atoms with Gasteiger partial charge >= 0.3 is 0 Å². The van der Waals surface area contributed by atoms with Gasteiger partial charge < -0.3 is 4.90 Å². The number of benzene rings is 1. The van der Waals surface area contributed by atoms with E-state index in [4.69, 9.17) is 0 Å². The first-order chi connectivity index (χ1) is 13.1. The maximum Gasteiger partial charge on any atom is 0.257 e. The quantitative estimate of drug-likeness (QED) is 0.696. The number of nitrogens with zero attached hydrogens (tertiary/aromatic N) is 4. The molecule has 1 aromatic carbocycles. The average Bonchev–Trinajstić information content (AvgIpc) is 3.30. The number of hydrogen-bond acceptors (Lipinski definition) is 4. The highest BCUT2D eigenvalue weighted by Crippen LogP contribution is 2.21. The van der Waals surface area contributed by atoms with E-state index >= 15 is 0 Å². The molecule has 0 aliphatic carbocycles. The van der Waals surface area contributed by atoms with Crippen molar-refractivity contribution in [3.05, 3.63) is 69.7 Å². The van der Waals surface area contributed by atoms with Gasteiger partial charge in [-0.2, -0.15) is 16.4 Å². The van der Waals surface area contributed by atoms with E-state index < -0.39 is 0 Å². The van der Waals surface area contributed by atoms with E-state index in [1.165, 1.54) is 5.56 Å². The monoisotopic (exact) mass is 380 g/mol. The van der Waals surface area contributed by atoms with Crippen LogP contribution in [0.2, 0.25) is 0 Å². The van der Waals surface area contributed by atoms with Crippen LogP contribution in [0, 0.1) is 13.8 Å².